The molecule has 1 saturated carbocycles. The average Bonchev–Trinajstić information content (AvgIpc) is 2.77. The van der Waals surface area contributed by atoms with Crippen LogP contribution < -0.4 is 4.74 Å². The Hall–Kier alpha value is -1.03. The topological polar surface area (TPSA) is 47.3 Å². The molecule has 1 aliphatic rings. The van der Waals surface area contributed by atoms with Crippen molar-refractivity contribution in [3.63, 3.8) is 0 Å². The minimum Gasteiger partial charge on any atom is -0.484 e. The monoisotopic (exact) mass is 210 g/mol. The van der Waals surface area contributed by atoms with Crippen LogP contribution in [0.25, 0.3) is 0 Å². The summed E-state index contributed by atoms with van der Waals surface area (Å²) in [6.45, 7) is 4.14. The molecule has 1 N–H and O–H groups in total. The highest BCUT2D eigenvalue weighted by atomic mass is 16.5. The smallest absolute Gasteiger partial charge is 0.157 e. The molecule has 1 aromatic heterocycles. The Kier molecular flexibility index (Phi) is 2.95. The highest BCUT2D eigenvalue weighted by Crippen LogP contribution is 2.24. The van der Waals surface area contributed by atoms with Gasteiger partial charge in [-0.3, -0.25) is 4.68 Å². The first kappa shape index (κ1) is 10.5. The van der Waals surface area contributed by atoms with Crippen molar-refractivity contribution in [1.29, 1.82) is 0 Å². The number of aliphatic hydroxyl groups is 1. The molecule has 1 aromatic rings. The molecular weight excluding hydrogens is 192 g/mol. The molecule has 0 amide bonds. The van der Waals surface area contributed by atoms with Crippen molar-refractivity contribution in [2.24, 2.45) is 0 Å². The molecule has 2 atom stereocenters. The SMILES string of the molecule is CC(C)n1cc(OC2CCCC2O)cn1. The normalized spacial score (nSPS) is 26.1. The zero-order valence-corrected chi connectivity index (χ0v) is 9.26. The summed E-state index contributed by atoms with van der Waals surface area (Å²) in [6.07, 6.45) is 6.07. The molecule has 84 valence electrons. The van der Waals surface area contributed by atoms with Crippen LogP contribution in [0.2, 0.25) is 0 Å². The quantitative estimate of drug-likeness (QED) is 0.826. The van der Waals surface area contributed by atoms with Gasteiger partial charge in [0.05, 0.1) is 18.5 Å². The zero-order valence-electron chi connectivity index (χ0n) is 9.26. The third kappa shape index (κ3) is 2.31. The van der Waals surface area contributed by atoms with Gasteiger partial charge in [0.25, 0.3) is 0 Å². The van der Waals surface area contributed by atoms with Gasteiger partial charge in [0.1, 0.15) is 6.10 Å². The summed E-state index contributed by atoms with van der Waals surface area (Å²) in [5.74, 6) is 0.759. The first-order valence-corrected chi connectivity index (χ1v) is 5.55. The van der Waals surface area contributed by atoms with Crippen LogP contribution in [0.1, 0.15) is 39.2 Å². The van der Waals surface area contributed by atoms with Crippen molar-refractivity contribution in [1.82, 2.24) is 9.78 Å². The molecule has 2 unspecified atom stereocenters. The van der Waals surface area contributed by atoms with Gasteiger partial charge in [0, 0.05) is 6.04 Å². The van der Waals surface area contributed by atoms with Crippen LogP contribution in [0.3, 0.4) is 0 Å². The number of rotatable bonds is 3. The molecule has 2 rings (SSSR count). The maximum Gasteiger partial charge on any atom is 0.157 e. The minimum absolute atomic E-state index is 0.0465. The fourth-order valence-electron chi connectivity index (χ4n) is 1.88. The van der Waals surface area contributed by atoms with E-state index in [9.17, 15) is 5.11 Å². The number of hydrogen-bond donors (Lipinski definition) is 1. The largest absolute Gasteiger partial charge is 0.484 e. The Morgan fingerprint density at radius 1 is 1.53 bits per heavy atom. The third-order valence-corrected chi connectivity index (χ3v) is 2.81. The molecule has 1 fully saturated rings. The summed E-state index contributed by atoms with van der Waals surface area (Å²) in [5, 5.41) is 13.8. The predicted molar refractivity (Wildman–Crippen MR) is 56.9 cm³/mol. The van der Waals surface area contributed by atoms with Crippen molar-refractivity contribution in [2.45, 2.75) is 51.4 Å². The molecule has 15 heavy (non-hydrogen) atoms. The van der Waals surface area contributed by atoms with Gasteiger partial charge in [-0.1, -0.05) is 0 Å². The van der Waals surface area contributed by atoms with Gasteiger partial charge in [-0.25, -0.2) is 0 Å². The van der Waals surface area contributed by atoms with Crippen LogP contribution in [0.5, 0.6) is 5.75 Å². The van der Waals surface area contributed by atoms with E-state index in [0.29, 0.717) is 6.04 Å². The number of aliphatic hydroxyl groups excluding tert-OH is 1. The van der Waals surface area contributed by atoms with Gasteiger partial charge in [0.2, 0.25) is 0 Å². The molecular formula is C11H18N2O2. The molecule has 0 bridgehead atoms. The lowest BCUT2D eigenvalue weighted by molar-refractivity contribution is 0.0603. The van der Waals surface area contributed by atoms with Crippen LogP contribution >= 0.6 is 0 Å². The molecule has 0 spiro atoms. The molecule has 0 saturated heterocycles. The maximum absolute atomic E-state index is 9.61. The molecule has 1 heterocycles. The van der Waals surface area contributed by atoms with Gasteiger partial charge >= 0.3 is 0 Å². The van der Waals surface area contributed by atoms with E-state index in [4.69, 9.17) is 4.74 Å². The zero-order chi connectivity index (χ0) is 10.8. The second-order valence-electron chi connectivity index (χ2n) is 4.40. The molecule has 0 aliphatic heterocycles. The summed E-state index contributed by atoms with van der Waals surface area (Å²) in [5.41, 5.74) is 0. The first-order chi connectivity index (χ1) is 7.16. The Bertz CT molecular complexity index is 322. The van der Waals surface area contributed by atoms with E-state index >= 15 is 0 Å². The van der Waals surface area contributed by atoms with Crippen LogP contribution in [-0.4, -0.2) is 27.1 Å². The minimum atomic E-state index is -0.313. The van der Waals surface area contributed by atoms with E-state index in [2.05, 4.69) is 18.9 Å². The van der Waals surface area contributed by atoms with Crippen LogP contribution in [0, 0.1) is 0 Å². The number of ether oxygens (including phenoxy) is 1. The second-order valence-corrected chi connectivity index (χ2v) is 4.40. The van der Waals surface area contributed by atoms with Gasteiger partial charge in [-0.05, 0) is 33.1 Å². The Morgan fingerprint density at radius 2 is 2.33 bits per heavy atom. The highest BCUT2D eigenvalue weighted by molar-refractivity contribution is 5.13. The summed E-state index contributed by atoms with van der Waals surface area (Å²) in [4.78, 5) is 0. The summed E-state index contributed by atoms with van der Waals surface area (Å²) < 4.78 is 7.54. The van der Waals surface area contributed by atoms with E-state index < -0.39 is 0 Å². The van der Waals surface area contributed by atoms with Crippen LogP contribution in [-0.2, 0) is 0 Å². The van der Waals surface area contributed by atoms with Gasteiger partial charge in [0.15, 0.2) is 5.75 Å². The molecule has 0 radical (unpaired) electrons. The van der Waals surface area contributed by atoms with Crippen molar-refractivity contribution < 1.29 is 9.84 Å². The first-order valence-electron chi connectivity index (χ1n) is 5.55. The summed E-state index contributed by atoms with van der Waals surface area (Å²) in [6, 6.07) is 0.343. The standard InChI is InChI=1S/C11H18N2O2/c1-8(2)13-7-9(6-12-13)15-11-5-3-4-10(11)14/h6-8,10-11,14H,3-5H2,1-2H3. The fraction of sp³-hybridized carbons (Fsp3) is 0.727. The lowest BCUT2D eigenvalue weighted by Crippen LogP contribution is -2.25. The molecule has 1 aliphatic carbocycles. The number of aromatic nitrogens is 2. The van der Waals surface area contributed by atoms with E-state index in [-0.39, 0.29) is 12.2 Å². The highest BCUT2D eigenvalue weighted by Gasteiger charge is 2.27. The summed E-state index contributed by atoms with van der Waals surface area (Å²) in [7, 11) is 0. The summed E-state index contributed by atoms with van der Waals surface area (Å²) >= 11 is 0. The third-order valence-electron chi connectivity index (χ3n) is 2.81. The van der Waals surface area contributed by atoms with Gasteiger partial charge in [-0.15, -0.1) is 0 Å². The average molecular weight is 210 g/mol. The Labute approximate surface area is 89.9 Å². The van der Waals surface area contributed by atoms with Crippen LogP contribution in [0.4, 0.5) is 0 Å². The van der Waals surface area contributed by atoms with E-state index in [1.54, 1.807) is 6.20 Å². The van der Waals surface area contributed by atoms with Crippen molar-refractivity contribution in [3.8, 4) is 5.75 Å². The van der Waals surface area contributed by atoms with Crippen LogP contribution in [0.15, 0.2) is 12.4 Å². The van der Waals surface area contributed by atoms with Gasteiger partial charge < -0.3 is 9.84 Å². The molecule has 0 aromatic carbocycles. The van der Waals surface area contributed by atoms with Crippen molar-refractivity contribution in [3.05, 3.63) is 12.4 Å². The molecule has 4 heteroatoms. The second kappa shape index (κ2) is 4.23. The van der Waals surface area contributed by atoms with Crippen molar-refractivity contribution in [2.75, 3.05) is 0 Å². The van der Waals surface area contributed by atoms with Gasteiger partial charge in [-0.2, -0.15) is 5.10 Å². The van der Waals surface area contributed by atoms with E-state index in [0.717, 1.165) is 25.0 Å². The number of nitrogens with zero attached hydrogens (tertiary/aromatic N) is 2. The number of hydrogen-bond acceptors (Lipinski definition) is 3. The van der Waals surface area contributed by atoms with E-state index in [1.807, 2.05) is 10.9 Å². The maximum atomic E-state index is 9.61. The fourth-order valence-corrected chi connectivity index (χ4v) is 1.88. The molecule has 4 nitrogen and oxygen atoms in total. The Balaban J connectivity index is 1.98. The Morgan fingerprint density at radius 3 is 2.87 bits per heavy atom. The lowest BCUT2D eigenvalue weighted by Gasteiger charge is -2.15. The van der Waals surface area contributed by atoms with Crippen molar-refractivity contribution >= 4 is 0 Å². The van der Waals surface area contributed by atoms with E-state index in [1.165, 1.54) is 0 Å². The predicted octanol–water partition coefficient (Wildman–Crippen LogP) is 1.76. The lowest BCUT2D eigenvalue weighted by atomic mass is 10.2.